The largest absolute Gasteiger partial charge is 0.350 e. The SMILES string of the molecule is CC[C@H](C)NC(=O)c1ccc([N+](=O)[O-])c(Cl)c1. The molecule has 0 bridgehead atoms. The molecule has 0 heterocycles. The van der Waals surface area contributed by atoms with Crippen molar-refractivity contribution in [1.82, 2.24) is 5.32 Å². The van der Waals surface area contributed by atoms with Gasteiger partial charge in [0.25, 0.3) is 11.6 Å². The Morgan fingerprint density at radius 1 is 1.59 bits per heavy atom. The third-order valence-electron chi connectivity index (χ3n) is 2.40. The minimum absolute atomic E-state index is 0.0354. The highest BCUT2D eigenvalue weighted by molar-refractivity contribution is 6.33. The summed E-state index contributed by atoms with van der Waals surface area (Å²) < 4.78 is 0. The Morgan fingerprint density at radius 3 is 2.71 bits per heavy atom. The fraction of sp³-hybridized carbons (Fsp3) is 0.364. The van der Waals surface area contributed by atoms with Crippen molar-refractivity contribution in [3.05, 3.63) is 38.9 Å². The third-order valence-corrected chi connectivity index (χ3v) is 2.70. The lowest BCUT2D eigenvalue weighted by atomic mass is 10.1. The first kappa shape index (κ1) is 13.4. The van der Waals surface area contributed by atoms with E-state index < -0.39 is 4.92 Å². The molecule has 0 aliphatic rings. The van der Waals surface area contributed by atoms with Gasteiger partial charge in [-0.3, -0.25) is 14.9 Å². The standard InChI is InChI=1S/C11H13ClN2O3/c1-3-7(2)13-11(15)8-4-5-10(14(16)17)9(12)6-8/h4-7H,3H2,1-2H3,(H,13,15)/t7-/m0/s1. The number of hydrogen-bond donors (Lipinski definition) is 1. The first-order chi connectivity index (χ1) is 7.95. The summed E-state index contributed by atoms with van der Waals surface area (Å²) in [5.41, 5.74) is 0.118. The highest BCUT2D eigenvalue weighted by atomic mass is 35.5. The second kappa shape index (κ2) is 5.63. The van der Waals surface area contributed by atoms with Crippen LogP contribution in [0.2, 0.25) is 5.02 Å². The summed E-state index contributed by atoms with van der Waals surface area (Å²) in [4.78, 5) is 21.7. The molecule has 0 spiro atoms. The van der Waals surface area contributed by atoms with Gasteiger partial charge in [-0.2, -0.15) is 0 Å². The summed E-state index contributed by atoms with van der Waals surface area (Å²) in [6.07, 6.45) is 0.812. The predicted octanol–water partition coefficient (Wildman–Crippen LogP) is 2.78. The molecule has 1 amide bonds. The normalized spacial score (nSPS) is 11.9. The van der Waals surface area contributed by atoms with Gasteiger partial charge in [-0.05, 0) is 25.5 Å². The monoisotopic (exact) mass is 256 g/mol. The van der Waals surface area contributed by atoms with E-state index in [1.165, 1.54) is 18.2 Å². The van der Waals surface area contributed by atoms with Crippen LogP contribution in [0.15, 0.2) is 18.2 Å². The van der Waals surface area contributed by atoms with Gasteiger partial charge in [-0.15, -0.1) is 0 Å². The van der Waals surface area contributed by atoms with Gasteiger partial charge in [0.15, 0.2) is 0 Å². The second-order valence-corrected chi connectivity index (χ2v) is 4.11. The number of nitro groups is 1. The first-order valence-corrected chi connectivity index (χ1v) is 5.58. The molecule has 0 aliphatic heterocycles. The van der Waals surface area contributed by atoms with Crippen molar-refractivity contribution < 1.29 is 9.72 Å². The molecule has 92 valence electrons. The van der Waals surface area contributed by atoms with E-state index >= 15 is 0 Å². The molecule has 0 saturated heterocycles. The zero-order chi connectivity index (χ0) is 13.0. The van der Waals surface area contributed by atoms with Crippen LogP contribution < -0.4 is 5.32 Å². The van der Waals surface area contributed by atoms with Crippen molar-refractivity contribution in [2.75, 3.05) is 0 Å². The molecule has 0 aromatic heterocycles. The Morgan fingerprint density at radius 2 is 2.24 bits per heavy atom. The number of carbonyl (C=O) groups excluding carboxylic acids is 1. The van der Waals surface area contributed by atoms with Gasteiger partial charge in [0.2, 0.25) is 0 Å². The molecule has 0 unspecified atom stereocenters. The minimum atomic E-state index is -0.585. The van der Waals surface area contributed by atoms with Crippen LogP contribution in [-0.2, 0) is 0 Å². The third kappa shape index (κ3) is 3.42. The molecule has 0 aliphatic carbocycles. The molecular weight excluding hydrogens is 244 g/mol. The highest BCUT2D eigenvalue weighted by Crippen LogP contribution is 2.24. The number of hydrogen-bond acceptors (Lipinski definition) is 3. The van der Waals surface area contributed by atoms with Crippen LogP contribution in [0.5, 0.6) is 0 Å². The maximum absolute atomic E-state index is 11.7. The smallest absolute Gasteiger partial charge is 0.287 e. The van der Waals surface area contributed by atoms with E-state index in [1.807, 2.05) is 13.8 Å². The van der Waals surface area contributed by atoms with E-state index in [0.29, 0.717) is 5.56 Å². The Labute approximate surface area is 104 Å². The van der Waals surface area contributed by atoms with E-state index in [9.17, 15) is 14.9 Å². The van der Waals surface area contributed by atoms with Crippen molar-refractivity contribution >= 4 is 23.2 Å². The van der Waals surface area contributed by atoms with Gasteiger partial charge in [0.1, 0.15) is 5.02 Å². The summed E-state index contributed by atoms with van der Waals surface area (Å²) in [6, 6.07) is 3.98. The number of carbonyl (C=O) groups is 1. The summed E-state index contributed by atoms with van der Waals surface area (Å²) in [7, 11) is 0. The zero-order valence-electron chi connectivity index (χ0n) is 9.57. The van der Waals surface area contributed by atoms with Crippen LogP contribution in [0.4, 0.5) is 5.69 Å². The van der Waals surface area contributed by atoms with Crippen molar-refractivity contribution in [2.45, 2.75) is 26.3 Å². The van der Waals surface area contributed by atoms with E-state index in [4.69, 9.17) is 11.6 Å². The Hall–Kier alpha value is -1.62. The minimum Gasteiger partial charge on any atom is -0.350 e. The van der Waals surface area contributed by atoms with Crippen molar-refractivity contribution in [2.24, 2.45) is 0 Å². The molecule has 1 N–H and O–H groups in total. The second-order valence-electron chi connectivity index (χ2n) is 3.71. The van der Waals surface area contributed by atoms with Crippen LogP contribution in [0.3, 0.4) is 0 Å². The maximum atomic E-state index is 11.7. The fourth-order valence-corrected chi connectivity index (χ4v) is 1.45. The van der Waals surface area contributed by atoms with Gasteiger partial charge in [0.05, 0.1) is 4.92 Å². The lowest BCUT2D eigenvalue weighted by molar-refractivity contribution is -0.384. The Kier molecular flexibility index (Phi) is 4.45. The van der Waals surface area contributed by atoms with Gasteiger partial charge in [-0.1, -0.05) is 18.5 Å². The topological polar surface area (TPSA) is 72.2 Å². The van der Waals surface area contributed by atoms with E-state index in [2.05, 4.69) is 5.32 Å². The van der Waals surface area contributed by atoms with Gasteiger partial charge < -0.3 is 5.32 Å². The summed E-state index contributed by atoms with van der Waals surface area (Å²) >= 11 is 5.72. The molecule has 1 atom stereocenters. The fourth-order valence-electron chi connectivity index (χ4n) is 1.21. The molecule has 0 saturated carbocycles. The van der Waals surface area contributed by atoms with Crippen LogP contribution in [-0.4, -0.2) is 16.9 Å². The molecule has 1 rings (SSSR count). The van der Waals surface area contributed by atoms with Crippen molar-refractivity contribution in [3.63, 3.8) is 0 Å². The number of amides is 1. The van der Waals surface area contributed by atoms with E-state index in [1.54, 1.807) is 0 Å². The van der Waals surface area contributed by atoms with E-state index in [0.717, 1.165) is 6.42 Å². The molecule has 6 heteroatoms. The molecular formula is C11H13ClN2O3. The Balaban J connectivity index is 2.90. The molecule has 17 heavy (non-hydrogen) atoms. The molecule has 1 aromatic rings. The molecule has 5 nitrogen and oxygen atoms in total. The Bertz CT molecular complexity index is 448. The zero-order valence-corrected chi connectivity index (χ0v) is 10.3. The maximum Gasteiger partial charge on any atom is 0.287 e. The van der Waals surface area contributed by atoms with Crippen molar-refractivity contribution in [1.29, 1.82) is 0 Å². The van der Waals surface area contributed by atoms with Gasteiger partial charge >= 0.3 is 0 Å². The molecule has 1 aromatic carbocycles. The lowest BCUT2D eigenvalue weighted by Gasteiger charge is -2.11. The van der Waals surface area contributed by atoms with Crippen molar-refractivity contribution in [3.8, 4) is 0 Å². The number of halogens is 1. The quantitative estimate of drug-likeness (QED) is 0.665. The number of nitro benzene ring substituents is 1. The summed E-state index contributed by atoms with van der Waals surface area (Å²) in [5.74, 6) is -0.281. The van der Waals surface area contributed by atoms with Crippen LogP contribution in [0.1, 0.15) is 30.6 Å². The predicted molar refractivity (Wildman–Crippen MR) is 65.3 cm³/mol. The van der Waals surface area contributed by atoms with Crippen LogP contribution >= 0.6 is 11.6 Å². The molecule has 0 radical (unpaired) electrons. The van der Waals surface area contributed by atoms with Gasteiger partial charge in [-0.25, -0.2) is 0 Å². The van der Waals surface area contributed by atoms with Crippen LogP contribution in [0.25, 0.3) is 0 Å². The van der Waals surface area contributed by atoms with E-state index in [-0.39, 0.29) is 22.7 Å². The van der Waals surface area contributed by atoms with Gasteiger partial charge in [0, 0.05) is 17.7 Å². The average molecular weight is 257 g/mol. The lowest BCUT2D eigenvalue weighted by Crippen LogP contribution is -2.31. The highest BCUT2D eigenvalue weighted by Gasteiger charge is 2.15. The summed E-state index contributed by atoms with van der Waals surface area (Å²) in [6.45, 7) is 3.83. The summed E-state index contributed by atoms with van der Waals surface area (Å²) in [5, 5.41) is 13.3. The average Bonchev–Trinajstić information content (AvgIpc) is 2.28. The van der Waals surface area contributed by atoms with Crippen LogP contribution in [0, 0.1) is 10.1 Å². The number of benzene rings is 1. The number of nitrogens with one attached hydrogen (secondary N) is 1. The molecule has 0 fully saturated rings. The number of nitrogens with zero attached hydrogens (tertiary/aromatic N) is 1. The first-order valence-electron chi connectivity index (χ1n) is 5.20. The number of rotatable bonds is 4.